The summed E-state index contributed by atoms with van der Waals surface area (Å²) in [4.78, 5) is 19.2. The normalized spacial score (nSPS) is 26.2. The number of phenols is 1. The number of fused-ring (bicyclic) bond motifs is 7. The molecule has 7 heteroatoms. The van der Waals surface area contributed by atoms with Gasteiger partial charge in [0.15, 0.2) is 0 Å². The average Bonchev–Trinajstić information content (AvgIpc) is 3.36. The van der Waals surface area contributed by atoms with Gasteiger partial charge in [-0.2, -0.15) is 0 Å². The molecule has 3 aromatic rings. The molecule has 3 aromatic carbocycles. The molecule has 6 unspecified atom stereocenters. The summed E-state index contributed by atoms with van der Waals surface area (Å²) in [5.74, 6) is 2.23. The molecule has 0 amide bonds. The smallest absolute Gasteiger partial charge is 0.302 e. The fraction of sp³-hybridized carbons (Fsp3) is 0.513. The number of rotatable bonds is 6. The summed E-state index contributed by atoms with van der Waals surface area (Å²) in [6.45, 7) is 13.9. The number of para-hydroxylation sites is 2. The van der Waals surface area contributed by atoms with Gasteiger partial charge in [0.1, 0.15) is 11.9 Å². The van der Waals surface area contributed by atoms with Crippen molar-refractivity contribution in [2.24, 2.45) is 17.3 Å². The first-order chi connectivity index (χ1) is 21.7. The van der Waals surface area contributed by atoms with Crippen LogP contribution in [0.5, 0.6) is 5.75 Å². The zero-order valence-electron chi connectivity index (χ0n) is 28.1. The Morgan fingerprint density at radius 3 is 2.28 bits per heavy atom. The third-order valence-corrected chi connectivity index (χ3v) is 12.5. The molecule has 1 aliphatic heterocycles. The Balaban J connectivity index is 0.000000178. The zero-order valence-corrected chi connectivity index (χ0v) is 29.7. The minimum Gasteiger partial charge on any atom is -0.508 e. The summed E-state index contributed by atoms with van der Waals surface area (Å²) >= 11 is 1.88. The molecular formula is C39H51ClN2O3S. The van der Waals surface area contributed by atoms with Crippen LogP contribution < -0.4 is 4.90 Å². The van der Waals surface area contributed by atoms with Gasteiger partial charge in [-0.15, -0.1) is 12.4 Å². The molecule has 0 spiro atoms. The zero-order chi connectivity index (χ0) is 31.7. The van der Waals surface area contributed by atoms with Crippen molar-refractivity contribution < 1.29 is 14.6 Å². The van der Waals surface area contributed by atoms with Crippen LogP contribution in [0.2, 0.25) is 0 Å². The average molecular weight is 663 g/mol. The maximum Gasteiger partial charge on any atom is 0.302 e. The van der Waals surface area contributed by atoms with Crippen LogP contribution >= 0.6 is 24.2 Å². The number of halogens is 1. The van der Waals surface area contributed by atoms with Gasteiger partial charge in [0.05, 0.1) is 11.4 Å². The molecule has 46 heavy (non-hydrogen) atoms. The molecule has 0 bridgehead atoms. The molecule has 5 nitrogen and oxygen atoms in total. The number of nitrogens with zero attached hydrogens (tertiary/aromatic N) is 2. The van der Waals surface area contributed by atoms with Crippen LogP contribution in [0.4, 0.5) is 11.4 Å². The number of anilines is 2. The first kappa shape index (κ1) is 34.7. The van der Waals surface area contributed by atoms with Crippen LogP contribution in [-0.4, -0.2) is 47.8 Å². The van der Waals surface area contributed by atoms with E-state index in [1.54, 1.807) is 0 Å². The SMILES string of the molecule is CC(=O)OC1CCC2C3CCc4cc(O)ccc4C3CCC12C.CCN(CC)C(C)CN1c2ccccc2Sc2ccccc21.Cl. The Morgan fingerprint density at radius 1 is 1.00 bits per heavy atom. The Morgan fingerprint density at radius 2 is 1.65 bits per heavy atom. The van der Waals surface area contributed by atoms with Crippen molar-refractivity contribution in [1.29, 1.82) is 0 Å². The highest BCUT2D eigenvalue weighted by Crippen LogP contribution is 2.61. The van der Waals surface area contributed by atoms with E-state index in [9.17, 15) is 9.90 Å². The molecule has 6 atom stereocenters. The standard InChI is InChI=1S/C20H26O3.C19H24N2S.ClH/c1-12(21)23-19-8-7-18-17-5-3-13-11-14(22)4-6-15(13)16(17)9-10-20(18,19)2;1-4-20(5-2)15(3)14-21-16-10-6-8-12-18(16)22-19-13-9-7-11-17(19)21;/h4,6,11,16-19,22H,3,5,7-10H2,1-2H3;6-13,15H,4-5,14H2,1-3H3;1H. The lowest BCUT2D eigenvalue weighted by atomic mass is 9.55. The number of carbonyl (C=O) groups excluding carboxylic acids is 1. The van der Waals surface area contributed by atoms with Crippen LogP contribution in [0.25, 0.3) is 0 Å². The molecule has 0 aromatic heterocycles. The number of hydrogen-bond donors (Lipinski definition) is 1. The molecule has 4 aliphatic rings. The van der Waals surface area contributed by atoms with Crippen LogP contribution in [0.1, 0.15) is 83.8 Å². The summed E-state index contributed by atoms with van der Waals surface area (Å²) in [7, 11) is 0. The highest BCUT2D eigenvalue weighted by Gasteiger charge is 2.56. The van der Waals surface area contributed by atoms with Crippen molar-refractivity contribution in [1.82, 2.24) is 4.90 Å². The van der Waals surface area contributed by atoms with E-state index in [-0.39, 0.29) is 29.9 Å². The first-order valence-corrected chi connectivity index (χ1v) is 17.9. The molecule has 1 N–H and O–H groups in total. The van der Waals surface area contributed by atoms with Crippen LogP contribution in [-0.2, 0) is 16.0 Å². The Hall–Kier alpha value is -2.67. The summed E-state index contributed by atoms with van der Waals surface area (Å²) in [6, 6.07) is 23.9. The van der Waals surface area contributed by atoms with Gasteiger partial charge in [0.2, 0.25) is 0 Å². The van der Waals surface area contributed by atoms with Gasteiger partial charge < -0.3 is 14.7 Å². The van der Waals surface area contributed by atoms with E-state index < -0.39 is 0 Å². The van der Waals surface area contributed by atoms with E-state index in [0.717, 1.165) is 38.9 Å². The van der Waals surface area contributed by atoms with Crippen LogP contribution in [0.3, 0.4) is 0 Å². The fourth-order valence-electron chi connectivity index (χ4n) is 9.12. The lowest BCUT2D eigenvalue weighted by molar-refractivity contribution is -0.154. The first-order valence-electron chi connectivity index (χ1n) is 17.1. The molecule has 2 saturated carbocycles. The second-order valence-electron chi connectivity index (χ2n) is 13.7. The number of aromatic hydroxyl groups is 1. The van der Waals surface area contributed by atoms with Gasteiger partial charge in [-0.3, -0.25) is 9.69 Å². The van der Waals surface area contributed by atoms with E-state index in [0.29, 0.717) is 29.5 Å². The van der Waals surface area contributed by atoms with Gasteiger partial charge in [-0.05, 0) is 124 Å². The van der Waals surface area contributed by atoms with Crippen molar-refractivity contribution >= 4 is 41.5 Å². The molecule has 1 heterocycles. The van der Waals surface area contributed by atoms with Gasteiger partial charge in [-0.25, -0.2) is 0 Å². The lowest BCUT2D eigenvalue weighted by Gasteiger charge is -2.50. The van der Waals surface area contributed by atoms with E-state index in [1.165, 1.54) is 58.5 Å². The van der Waals surface area contributed by atoms with Crippen molar-refractivity contribution in [3.05, 3.63) is 77.9 Å². The predicted molar refractivity (Wildman–Crippen MR) is 192 cm³/mol. The number of carbonyl (C=O) groups is 1. The van der Waals surface area contributed by atoms with Crippen molar-refractivity contribution in [2.45, 2.75) is 101 Å². The molecule has 0 radical (unpaired) electrons. The summed E-state index contributed by atoms with van der Waals surface area (Å²) in [6.07, 6.45) is 6.89. The van der Waals surface area contributed by atoms with Gasteiger partial charge in [0, 0.05) is 34.7 Å². The largest absolute Gasteiger partial charge is 0.508 e. The second-order valence-corrected chi connectivity index (χ2v) is 14.8. The molecule has 248 valence electrons. The number of benzene rings is 3. The van der Waals surface area contributed by atoms with E-state index in [1.807, 2.05) is 23.9 Å². The second kappa shape index (κ2) is 14.6. The number of ether oxygens (including phenoxy) is 1. The topological polar surface area (TPSA) is 53.0 Å². The minimum atomic E-state index is -0.136. The molecular weight excluding hydrogens is 612 g/mol. The number of esters is 1. The van der Waals surface area contributed by atoms with Crippen molar-refractivity contribution in [3.8, 4) is 5.75 Å². The van der Waals surface area contributed by atoms with Gasteiger partial charge in [0.25, 0.3) is 0 Å². The lowest BCUT2D eigenvalue weighted by Crippen LogP contribution is -2.45. The predicted octanol–water partition coefficient (Wildman–Crippen LogP) is 9.62. The molecule has 3 aliphatic carbocycles. The molecule has 7 rings (SSSR count). The number of hydrogen-bond acceptors (Lipinski definition) is 6. The third-order valence-electron chi connectivity index (χ3n) is 11.3. The summed E-state index contributed by atoms with van der Waals surface area (Å²) in [5, 5.41) is 9.75. The maximum atomic E-state index is 11.4. The van der Waals surface area contributed by atoms with Gasteiger partial charge in [-0.1, -0.05) is 62.9 Å². The number of phenolic OH excluding ortho intramolecular Hbond substituents is 1. The van der Waals surface area contributed by atoms with E-state index >= 15 is 0 Å². The van der Waals surface area contributed by atoms with Crippen LogP contribution in [0, 0.1) is 17.3 Å². The molecule has 2 fully saturated rings. The Labute approximate surface area is 286 Å². The third kappa shape index (κ3) is 6.68. The number of likely N-dealkylation sites (N-methyl/N-ethyl adjacent to an activating group) is 1. The summed E-state index contributed by atoms with van der Waals surface area (Å²) in [5.41, 5.74) is 5.62. The van der Waals surface area contributed by atoms with Crippen molar-refractivity contribution in [2.75, 3.05) is 24.5 Å². The van der Waals surface area contributed by atoms with Gasteiger partial charge >= 0.3 is 5.97 Å². The quantitative estimate of drug-likeness (QED) is 0.265. The molecule has 0 saturated heterocycles. The minimum absolute atomic E-state index is 0. The maximum absolute atomic E-state index is 11.4. The summed E-state index contributed by atoms with van der Waals surface area (Å²) < 4.78 is 5.68. The Bertz CT molecular complexity index is 1470. The fourth-order valence-corrected chi connectivity index (χ4v) is 10.2. The van der Waals surface area contributed by atoms with Crippen LogP contribution in [0.15, 0.2) is 76.5 Å². The number of aryl methyl sites for hydroxylation is 1. The highest BCUT2D eigenvalue weighted by atomic mass is 35.5. The highest BCUT2D eigenvalue weighted by molar-refractivity contribution is 7.99. The van der Waals surface area contributed by atoms with E-state index in [2.05, 4.69) is 92.1 Å². The van der Waals surface area contributed by atoms with Crippen molar-refractivity contribution in [3.63, 3.8) is 0 Å². The Kier molecular flexibility index (Phi) is 11.0. The van der Waals surface area contributed by atoms with E-state index in [4.69, 9.17) is 4.74 Å². The monoisotopic (exact) mass is 662 g/mol.